The zero-order valence-electron chi connectivity index (χ0n) is 8.60. The molecule has 1 aromatic rings. The molecule has 0 aliphatic heterocycles. The number of halogens is 1. The molecule has 0 aromatic heterocycles. The Morgan fingerprint density at radius 1 is 1.33 bits per heavy atom. The van der Waals surface area contributed by atoms with Crippen molar-refractivity contribution in [2.45, 2.75) is 24.9 Å². The summed E-state index contributed by atoms with van der Waals surface area (Å²) in [7, 11) is -3.81. The van der Waals surface area contributed by atoms with Gasteiger partial charge in [-0.15, -0.1) is 0 Å². The lowest BCUT2D eigenvalue weighted by molar-refractivity contribution is 0.214. The van der Waals surface area contributed by atoms with Crippen LogP contribution in [0.25, 0.3) is 0 Å². The molecule has 0 amide bonds. The van der Waals surface area contributed by atoms with Gasteiger partial charge in [-0.2, -0.15) is 8.42 Å². The zero-order valence-corrected chi connectivity index (χ0v) is 9.42. The molecule has 1 aromatic carbocycles. The van der Waals surface area contributed by atoms with E-state index in [0.717, 1.165) is 5.56 Å². The average molecular weight is 231 g/mol. The van der Waals surface area contributed by atoms with Gasteiger partial charge in [0.15, 0.2) is 0 Å². The van der Waals surface area contributed by atoms with Crippen molar-refractivity contribution < 1.29 is 17.0 Å². The minimum Gasteiger partial charge on any atom is -0.263 e. The van der Waals surface area contributed by atoms with E-state index in [1.807, 2.05) is 6.92 Å². The molecule has 0 bridgehead atoms. The molecule has 5 heteroatoms. The molecule has 0 heterocycles. The molecule has 0 spiro atoms. The van der Waals surface area contributed by atoms with E-state index in [0.29, 0.717) is 0 Å². The molecule has 1 rings (SSSR count). The van der Waals surface area contributed by atoms with Gasteiger partial charge in [-0.1, -0.05) is 17.7 Å². The molecule has 0 N–H and O–H groups in total. The third kappa shape index (κ3) is 3.60. The largest absolute Gasteiger partial charge is 0.297 e. The molecule has 3 nitrogen and oxygen atoms in total. The van der Waals surface area contributed by atoms with Crippen LogP contribution in [0, 0.1) is 6.92 Å². The Labute approximate surface area is 89.0 Å². The van der Waals surface area contributed by atoms with E-state index in [9.17, 15) is 12.8 Å². The van der Waals surface area contributed by atoms with Crippen molar-refractivity contribution in [1.29, 1.82) is 0 Å². The maximum atomic E-state index is 12.4. The SMILES string of the molecule is Cc1ccc(S(=O)(=O)OCC(C)[18F])cc1. The molecular weight excluding hydrogens is 218 g/mol. The molecule has 0 aliphatic carbocycles. The van der Waals surface area contributed by atoms with Crippen LogP contribution in [-0.2, 0) is 14.3 Å². The van der Waals surface area contributed by atoms with Crippen molar-refractivity contribution in [2.75, 3.05) is 6.61 Å². The van der Waals surface area contributed by atoms with Crippen LogP contribution in [0.15, 0.2) is 29.2 Å². The van der Waals surface area contributed by atoms with Crippen molar-refractivity contribution in [3.63, 3.8) is 0 Å². The van der Waals surface area contributed by atoms with Gasteiger partial charge < -0.3 is 0 Å². The monoisotopic (exact) mass is 231 g/mol. The van der Waals surface area contributed by atoms with E-state index in [4.69, 9.17) is 0 Å². The summed E-state index contributed by atoms with van der Waals surface area (Å²) in [4.78, 5) is 0.0498. The fourth-order valence-corrected chi connectivity index (χ4v) is 1.93. The van der Waals surface area contributed by atoms with Crippen molar-refractivity contribution in [2.24, 2.45) is 0 Å². The van der Waals surface area contributed by atoms with E-state index < -0.39 is 22.9 Å². The molecular formula is C10H13FO3S. The van der Waals surface area contributed by atoms with Gasteiger partial charge in [0.25, 0.3) is 10.1 Å². The van der Waals surface area contributed by atoms with Crippen molar-refractivity contribution in [3.8, 4) is 0 Å². The van der Waals surface area contributed by atoms with Crippen LogP contribution in [0.5, 0.6) is 0 Å². The Kier molecular flexibility index (Phi) is 3.82. The number of hydrogen-bond acceptors (Lipinski definition) is 3. The van der Waals surface area contributed by atoms with Crippen LogP contribution >= 0.6 is 0 Å². The summed E-state index contributed by atoms with van der Waals surface area (Å²) in [5.41, 5.74) is 0.952. The second-order valence-electron chi connectivity index (χ2n) is 3.33. The molecule has 1 unspecified atom stereocenters. The highest BCUT2D eigenvalue weighted by Gasteiger charge is 2.15. The van der Waals surface area contributed by atoms with E-state index in [-0.39, 0.29) is 4.90 Å². The lowest BCUT2D eigenvalue weighted by Crippen LogP contribution is -2.13. The predicted molar refractivity (Wildman–Crippen MR) is 54.9 cm³/mol. The maximum Gasteiger partial charge on any atom is 0.297 e. The van der Waals surface area contributed by atoms with Crippen LogP contribution < -0.4 is 0 Å². The summed E-state index contributed by atoms with van der Waals surface area (Å²) in [5.74, 6) is 0. The first-order valence-corrected chi connectivity index (χ1v) is 5.93. The van der Waals surface area contributed by atoms with Crippen LogP contribution in [0.2, 0.25) is 0 Å². The van der Waals surface area contributed by atoms with Gasteiger partial charge in [-0.3, -0.25) is 4.18 Å². The van der Waals surface area contributed by atoms with Crippen LogP contribution in [0.4, 0.5) is 4.39 Å². The Morgan fingerprint density at radius 2 is 1.87 bits per heavy atom. The minimum atomic E-state index is -3.81. The Balaban J connectivity index is 2.82. The predicted octanol–water partition coefficient (Wildman–Crippen LogP) is 2.06. The first kappa shape index (κ1) is 12.1. The number of hydrogen-bond donors (Lipinski definition) is 0. The third-order valence-corrected chi connectivity index (χ3v) is 3.06. The van der Waals surface area contributed by atoms with Gasteiger partial charge in [0.2, 0.25) is 0 Å². The summed E-state index contributed by atoms with van der Waals surface area (Å²) < 4.78 is 39.9. The van der Waals surface area contributed by atoms with Crippen molar-refractivity contribution >= 4 is 10.1 Å². The van der Waals surface area contributed by atoms with Gasteiger partial charge in [-0.05, 0) is 26.0 Å². The Hall–Kier alpha value is -0.940. The Bertz CT molecular complexity index is 409. The lowest BCUT2D eigenvalue weighted by Gasteiger charge is -2.06. The third-order valence-electron chi connectivity index (χ3n) is 1.76. The smallest absolute Gasteiger partial charge is 0.263 e. The van der Waals surface area contributed by atoms with Crippen molar-refractivity contribution in [1.82, 2.24) is 0 Å². The van der Waals surface area contributed by atoms with Gasteiger partial charge >= 0.3 is 0 Å². The second-order valence-corrected chi connectivity index (χ2v) is 4.95. The fraction of sp³-hybridized carbons (Fsp3) is 0.400. The first-order chi connectivity index (χ1) is 6.92. The van der Waals surface area contributed by atoms with Crippen molar-refractivity contribution in [3.05, 3.63) is 29.8 Å². The first-order valence-electron chi connectivity index (χ1n) is 4.52. The van der Waals surface area contributed by atoms with Crippen LogP contribution in [-0.4, -0.2) is 21.2 Å². The van der Waals surface area contributed by atoms with Crippen LogP contribution in [0.3, 0.4) is 0 Å². The molecule has 0 saturated carbocycles. The topological polar surface area (TPSA) is 43.4 Å². The van der Waals surface area contributed by atoms with Crippen LogP contribution in [0.1, 0.15) is 12.5 Å². The molecule has 0 radical (unpaired) electrons. The highest BCUT2D eigenvalue weighted by Crippen LogP contribution is 2.13. The number of benzene rings is 1. The van der Waals surface area contributed by atoms with E-state index in [1.165, 1.54) is 19.1 Å². The highest BCUT2D eigenvalue weighted by molar-refractivity contribution is 7.86. The molecule has 1 atom stereocenters. The van der Waals surface area contributed by atoms with Gasteiger partial charge in [-0.25, -0.2) is 4.39 Å². The lowest BCUT2D eigenvalue weighted by atomic mass is 10.2. The number of rotatable bonds is 4. The van der Waals surface area contributed by atoms with Gasteiger partial charge in [0.1, 0.15) is 6.17 Å². The van der Waals surface area contributed by atoms with Gasteiger partial charge in [0.05, 0.1) is 11.5 Å². The number of alkyl halides is 1. The number of aryl methyl sites for hydroxylation is 1. The minimum absolute atomic E-state index is 0.0498. The average Bonchev–Trinajstić information content (AvgIpc) is 2.16. The molecule has 15 heavy (non-hydrogen) atoms. The summed E-state index contributed by atoms with van der Waals surface area (Å²) >= 11 is 0. The van der Waals surface area contributed by atoms with E-state index >= 15 is 0 Å². The second kappa shape index (κ2) is 4.72. The Morgan fingerprint density at radius 3 is 2.33 bits per heavy atom. The maximum absolute atomic E-state index is 12.4. The molecule has 0 aliphatic rings. The highest BCUT2D eigenvalue weighted by atomic mass is 32.2. The molecule has 0 saturated heterocycles. The standard InChI is InChI=1S/C10H13FO3S/c1-8-3-5-10(6-4-8)15(12,13)14-7-9(2)11/h3-6,9H,7H2,1-2H3/i11-1. The van der Waals surface area contributed by atoms with Gasteiger partial charge in [0, 0.05) is 0 Å². The molecule has 84 valence electrons. The summed E-state index contributed by atoms with van der Waals surface area (Å²) in [5, 5.41) is 0. The van der Waals surface area contributed by atoms with E-state index in [2.05, 4.69) is 4.18 Å². The summed E-state index contributed by atoms with van der Waals surface area (Å²) in [6.45, 7) is 2.64. The summed E-state index contributed by atoms with van der Waals surface area (Å²) in [6.07, 6.45) is -1.30. The summed E-state index contributed by atoms with van der Waals surface area (Å²) in [6, 6.07) is 6.20. The normalized spacial score (nSPS) is 13.8. The quantitative estimate of drug-likeness (QED) is 0.745. The van der Waals surface area contributed by atoms with E-state index in [1.54, 1.807) is 12.1 Å². The zero-order chi connectivity index (χ0) is 11.5. The molecule has 0 fully saturated rings. The fourth-order valence-electron chi connectivity index (χ4n) is 0.956.